The summed E-state index contributed by atoms with van der Waals surface area (Å²) >= 11 is 0. The fourth-order valence-electron chi connectivity index (χ4n) is 2.69. The van der Waals surface area contributed by atoms with E-state index in [1.165, 1.54) is 4.68 Å². The monoisotopic (exact) mass is 370 g/mol. The molecule has 1 fully saturated rings. The standard InChI is InChI=1S/C20H27BN2O4/c1-18(2,3)25-17(24)23-13-15(12-22-23)14-8-10-16(11-9-14)21-26-19(4,5)20(6,7)27-21/h8-13H,1-7H3. The van der Waals surface area contributed by atoms with Crippen LogP contribution in [0.1, 0.15) is 48.5 Å². The lowest BCUT2D eigenvalue weighted by atomic mass is 9.78. The van der Waals surface area contributed by atoms with Crippen molar-refractivity contribution in [3.05, 3.63) is 36.7 Å². The average molecular weight is 370 g/mol. The van der Waals surface area contributed by atoms with E-state index in [9.17, 15) is 4.79 Å². The van der Waals surface area contributed by atoms with Crippen molar-refractivity contribution in [1.29, 1.82) is 0 Å². The Morgan fingerprint density at radius 2 is 1.59 bits per heavy atom. The Hall–Kier alpha value is -2.12. The fourth-order valence-corrected chi connectivity index (χ4v) is 2.69. The van der Waals surface area contributed by atoms with Crippen LogP contribution < -0.4 is 5.46 Å². The first kappa shape index (κ1) is 19.6. The summed E-state index contributed by atoms with van der Waals surface area (Å²) in [4.78, 5) is 12.1. The van der Waals surface area contributed by atoms with E-state index in [4.69, 9.17) is 14.0 Å². The summed E-state index contributed by atoms with van der Waals surface area (Å²) in [7, 11) is -0.395. The van der Waals surface area contributed by atoms with E-state index >= 15 is 0 Å². The fraction of sp³-hybridized carbons (Fsp3) is 0.500. The van der Waals surface area contributed by atoms with Crippen molar-refractivity contribution in [2.45, 2.75) is 65.3 Å². The summed E-state index contributed by atoms with van der Waals surface area (Å²) in [6, 6.07) is 7.89. The quantitative estimate of drug-likeness (QED) is 0.756. The van der Waals surface area contributed by atoms with Gasteiger partial charge in [0.05, 0.1) is 17.4 Å². The lowest BCUT2D eigenvalue weighted by Crippen LogP contribution is -2.41. The second-order valence-corrected chi connectivity index (χ2v) is 8.86. The van der Waals surface area contributed by atoms with Gasteiger partial charge in [0.1, 0.15) is 5.60 Å². The molecule has 0 bridgehead atoms. The smallest absolute Gasteiger partial charge is 0.442 e. The zero-order chi connectivity index (χ0) is 20.0. The van der Waals surface area contributed by atoms with Gasteiger partial charge >= 0.3 is 13.2 Å². The molecule has 0 amide bonds. The minimum Gasteiger partial charge on any atom is -0.442 e. The van der Waals surface area contributed by atoms with Gasteiger partial charge in [-0.05, 0) is 59.5 Å². The summed E-state index contributed by atoms with van der Waals surface area (Å²) in [6.45, 7) is 13.6. The van der Waals surface area contributed by atoms with Gasteiger partial charge in [0.2, 0.25) is 0 Å². The van der Waals surface area contributed by atoms with Gasteiger partial charge in [-0.25, -0.2) is 4.79 Å². The van der Waals surface area contributed by atoms with E-state index in [0.717, 1.165) is 16.6 Å². The number of nitrogens with zero attached hydrogens (tertiary/aromatic N) is 2. The third-order valence-corrected chi connectivity index (χ3v) is 4.93. The zero-order valence-corrected chi connectivity index (χ0v) is 17.1. The Kier molecular flexibility index (Phi) is 4.72. The molecular formula is C20H27BN2O4. The zero-order valence-electron chi connectivity index (χ0n) is 17.1. The normalized spacial score (nSPS) is 18.6. The molecule has 1 saturated heterocycles. The first-order valence-electron chi connectivity index (χ1n) is 9.12. The summed E-state index contributed by atoms with van der Waals surface area (Å²) < 4.78 is 18.7. The van der Waals surface area contributed by atoms with Crippen molar-refractivity contribution in [1.82, 2.24) is 9.78 Å². The van der Waals surface area contributed by atoms with E-state index < -0.39 is 18.8 Å². The topological polar surface area (TPSA) is 62.6 Å². The molecule has 0 aliphatic carbocycles. The second-order valence-electron chi connectivity index (χ2n) is 8.86. The Balaban J connectivity index is 1.74. The molecule has 0 radical (unpaired) electrons. The number of rotatable bonds is 2. The van der Waals surface area contributed by atoms with Crippen molar-refractivity contribution in [2.24, 2.45) is 0 Å². The van der Waals surface area contributed by atoms with Gasteiger partial charge in [0.25, 0.3) is 0 Å². The van der Waals surface area contributed by atoms with Crippen LogP contribution in [0.5, 0.6) is 0 Å². The largest absolute Gasteiger partial charge is 0.494 e. The molecule has 1 aromatic heterocycles. The maximum atomic E-state index is 12.1. The average Bonchev–Trinajstić information content (AvgIpc) is 3.09. The van der Waals surface area contributed by atoms with Crippen LogP contribution >= 0.6 is 0 Å². The molecule has 1 aliphatic rings. The molecule has 2 heterocycles. The van der Waals surface area contributed by atoms with Crippen LogP contribution in [-0.4, -0.2) is 39.8 Å². The van der Waals surface area contributed by atoms with Crippen LogP contribution in [0.2, 0.25) is 0 Å². The summed E-state index contributed by atoms with van der Waals surface area (Å²) in [5.41, 5.74) is 1.44. The third kappa shape index (κ3) is 4.09. The third-order valence-electron chi connectivity index (χ3n) is 4.93. The molecule has 0 atom stereocenters. The van der Waals surface area contributed by atoms with Crippen molar-refractivity contribution in [2.75, 3.05) is 0 Å². The van der Waals surface area contributed by atoms with E-state index in [-0.39, 0.29) is 11.2 Å². The van der Waals surface area contributed by atoms with E-state index in [0.29, 0.717) is 0 Å². The van der Waals surface area contributed by atoms with Crippen LogP contribution in [0.25, 0.3) is 11.1 Å². The Labute approximate surface area is 160 Å². The molecule has 1 aliphatic heterocycles. The molecule has 0 N–H and O–H groups in total. The Morgan fingerprint density at radius 1 is 1.04 bits per heavy atom. The molecule has 7 heteroatoms. The molecule has 2 aromatic rings. The molecule has 144 valence electrons. The number of carbonyl (C=O) groups excluding carboxylic acids is 1. The van der Waals surface area contributed by atoms with E-state index in [1.54, 1.807) is 12.4 Å². The number of aromatic nitrogens is 2. The molecule has 3 rings (SSSR count). The predicted molar refractivity (Wildman–Crippen MR) is 105 cm³/mol. The highest BCUT2D eigenvalue weighted by atomic mass is 16.7. The van der Waals surface area contributed by atoms with Crippen LogP contribution in [0.3, 0.4) is 0 Å². The first-order valence-corrected chi connectivity index (χ1v) is 9.12. The lowest BCUT2D eigenvalue weighted by Gasteiger charge is -2.32. The number of hydrogen-bond acceptors (Lipinski definition) is 5. The summed E-state index contributed by atoms with van der Waals surface area (Å²) in [6.07, 6.45) is 2.81. The van der Waals surface area contributed by atoms with Crippen LogP contribution in [0.15, 0.2) is 36.7 Å². The summed E-state index contributed by atoms with van der Waals surface area (Å²) in [5, 5.41) is 4.11. The predicted octanol–water partition coefficient (Wildman–Crippen LogP) is 3.63. The maximum Gasteiger partial charge on any atom is 0.494 e. The lowest BCUT2D eigenvalue weighted by molar-refractivity contribution is 0.00578. The molecule has 0 unspecified atom stereocenters. The van der Waals surface area contributed by atoms with Crippen LogP contribution in [0.4, 0.5) is 4.79 Å². The van der Waals surface area contributed by atoms with Crippen molar-refractivity contribution >= 4 is 18.7 Å². The highest BCUT2D eigenvalue weighted by Crippen LogP contribution is 2.36. The van der Waals surface area contributed by atoms with Gasteiger partial charge in [-0.1, -0.05) is 24.3 Å². The van der Waals surface area contributed by atoms with E-state index in [2.05, 4.69) is 5.10 Å². The molecule has 27 heavy (non-hydrogen) atoms. The molecule has 1 aromatic carbocycles. The first-order chi connectivity index (χ1) is 12.4. The van der Waals surface area contributed by atoms with E-state index in [1.807, 2.05) is 72.7 Å². The van der Waals surface area contributed by atoms with Crippen molar-refractivity contribution in [3.8, 4) is 11.1 Å². The van der Waals surface area contributed by atoms with Gasteiger partial charge in [0.15, 0.2) is 0 Å². The van der Waals surface area contributed by atoms with Crippen molar-refractivity contribution in [3.63, 3.8) is 0 Å². The Morgan fingerprint density at radius 3 is 2.11 bits per heavy atom. The summed E-state index contributed by atoms with van der Waals surface area (Å²) in [5.74, 6) is 0. The highest BCUT2D eigenvalue weighted by molar-refractivity contribution is 6.62. The highest BCUT2D eigenvalue weighted by Gasteiger charge is 2.51. The SMILES string of the molecule is CC(C)(C)OC(=O)n1cc(-c2ccc(B3OC(C)(C)C(C)(C)O3)cc2)cn1. The van der Waals surface area contributed by atoms with Gasteiger partial charge in [-0.3, -0.25) is 0 Å². The van der Waals surface area contributed by atoms with Gasteiger partial charge in [-0.2, -0.15) is 9.78 Å². The minimum atomic E-state index is -0.562. The van der Waals surface area contributed by atoms with Gasteiger partial charge in [-0.15, -0.1) is 0 Å². The number of benzene rings is 1. The Bertz CT molecular complexity index is 818. The van der Waals surface area contributed by atoms with Crippen LogP contribution in [0, 0.1) is 0 Å². The molecular weight excluding hydrogens is 343 g/mol. The number of carbonyl (C=O) groups is 1. The molecule has 0 saturated carbocycles. The molecule has 0 spiro atoms. The van der Waals surface area contributed by atoms with Crippen LogP contribution in [-0.2, 0) is 14.0 Å². The van der Waals surface area contributed by atoms with Gasteiger partial charge < -0.3 is 14.0 Å². The van der Waals surface area contributed by atoms with Crippen molar-refractivity contribution < 1.29 is 18.8 Å². The number of hydrogen-bond donors (Lipinski definition) is 0. The van der Waals surface area contributed by atoms with Gasteiger partial charge in [0, 0.05) is 11.8 Å². The molecule has 6 nitrogen and oxygen atoms in total. The second kappa shape index (κ2) is 6.50. The maximum absolute atomic E-state index is 12.1. The number of ether oxygens (including phenoxy) is 1. The minimum absolute atomic E-state index is 0.370.